The van der Waals surface area contributed by atoms with Crippen molar-refractivity contribution in [1.82, 2.24) is 29.5 Å². The lowest BCUT2D eigenvalue weighted by Crippen LogP contribution is -2.16. The van der Waals surface area contributed by atoms with Gasteiger partial charge in [-0.1, -0.05) is 6.92 Å². The zero-order valence-electron chi connectivity index (χ0n) is 10.1. The van der Waals surface area contributed by atoms with Crippen LogP contribution in [0, 0.1) is 0 Å². The molecule has 0 unspecified atom stereocenters. The van der Waals surface area contributed by atoms with Gasteiger partial charge in [0.2, 0.25) is 0 Å². The molecule has 0 saturated heterocycles. The summed E-state index contributed by atoms with van der Waals surface area (Å²) in [6, 6.07) is 0. The topological polar surface area (TPSA) is 60.0 Å². The largest absolute Gasteiger partial charge is 0.311 e. The highest BCUT2D eigenvalue weighted by molar-refractivity contribution is 7.15. The van der Waals surface area contributed by atoms with Crippen LogP contribution in [0.2, 0.25) is 0 Å². The Morgan fingerprint density at radius 2 is 2.39 bits per heavy atom. The van der Waals surface area contributed by atoms with E-state index in [0.29, 0.717) is 0 Å². The Morgan fingerprint density at radius 1 is 1.44 bits per heavy atom. The Hall–Kier alpha value is -1.73. The number of hydrogen-bond acceptors (Lipinski definition) is 5. The fraction of sp³-hybridized carbons (Fsp3) is 0.364. The minimum atomic E-state index is 0.779. The van der Waals surface area contributed by atoms with Gasteiger partial charge < -0.3 is 5.32 Å². The van der Waals surface area contributed by atoms with Crippen LogP contribution in [0.1, 0.15) is 19.0 Å². The van der Waals surface area contributed by atoms with Gasteiger partial charge in [-0.05, 0) is 13.0 Å². The molecule has 0 fully saturated rings. The lowest BCUT2D eigenvalue weighted by Gasteiger charge is -2.04. The van der Waals surface area contributed by atoms with Gasteiger partial charge in [0.05, 0.1) is 5.69 Å². The number of nitrogens with zero attached hydrogens (tertiary/aromatic N) is 5. The van der Waals surface area contributed by atoms with E-state index >= 15 is 0 Å². The molecule has 0 atom stereocenters. The molecule has 7 heteroatoms. The third-order valence-corrected chi connectivity index (χ3v) is 3.45. The van der Waals surface area contributed by atoms with E-state index in [4.69, 9.17) is 0 Å². The normalized spacial score (nSPS) is 11.4. The molecule has 3 aromatic heterocycles. The van der Waals surface area contributed by atoms with E-state index in [2.05, 4.69) is 31.7 Å². The molecule has 0 aromatic carbocycles. The number of fused-ring (bicyclic) bond motifs is 1. The van der Waals surface area contributed by atoms with E-state index in [-0.39, 0.29) is 0 Å². The molecule has 0 bridgehead atoms. The Kier molecular flexibility index (Phi) is 3.07. The fourth-order valence-corrected chi connectivity index (χ4v) is 2.60. The molecule has 0 aliphatic heterocycles. The van der Waals surface area contributed by atoms with E-state index in [0.717, 1.165) is 36.0 Å². The maximum absolute atomic E-state index is 4.60. The fourth-order valence-electron chi connectivity index (χ4n) is 1.87. The average molecular weight is 262 g/mol. The van der Waals surface area contributed by atoms with E-state index in [1.54, 1.807) is 22.3 Å². The van der Waals surface area contributed by atoms with E-state index in [9.17, 15) is 0 Å². The summed E-state index contributed by atoms with van der Waals surface area (Å²) >= 11 is 1.62. The minimum Gasteiger partial charge on any atom is -0.311 e. The Bertz CT molecular complexity index is 623. The molecule has 3 aromatic rings. The smallest absolute Gasteiger partial charge is 0.196 e. The van der Waals surface area contributed by atoms with Crippen molar-refractivity contribution >= 4 is 16.3 Å². The number of aromatic nitrogens is 5. The third-order valence-electron chi connectivity index (χ3n) is 2.69. The lowest BCUT2D eigenvalue weighted by atomic mass is 10.4. The molecule has 0 radical (unpaired) electrons. The molecule has 94 valence electrons. The molecule has 6 nitrogen and oxygen atoms in total. The molecule has 0 saturated carbocycles. The number of thiazole rings is 1. The zero-order valence-corrected chi connectivity index (χ0v) is 10.9. The van der Waals surface area contributed by atoms with Crippen molar-refractivity contribution in [2.24, 2.45) is 0 Å². The van der Waals surface area contributed by atoms with Gasteiger partial charge in [-0.15, -0.1) is 11.3 Å². The average Bonchev–Trinajstić information content (AvgIpc) is 3.05. The predicted molar refractivity (Wildman–Crippen MR) is 70.0 cm³/mol. The van der Waals surface area contributed by atoms with Crippen molar-refractivity contribution in [1.29, 1.82) is 0 Å². The molecule has 1 N–H and O–H groups in total. The van der Waals surface area contributed by atoms with Gasteiger partial charge in [0.1, 0.15) is 12.7 Å². The summed E-state index contributed by atoms with van der Waals surface area (Å²) in [6.45, 7) is 3.93. The number of rotatable bonds is 5. The SMILES string of the molecule is CCCNCc1c(-n2cncn2)nc2sccn12. The maximum Gasteiger partial charge on any atom is 0.196 e. The van der Waals surface area contributed by atoms with Gasteiger partial charge in [-0.2, -0.15) is 10.1 Å². The van der Waals surface area contributed by atoms with E-state index in [1.807, 2.05) is 11.6 Å². The summed E-state index contributed by atoms with van der Waals surface area (Å²) in [5.41, 5.74) is 1.12. The molecule has 0 spiro atoms. The first kappa shape index (κ1) is 11.4. The van der Waals surface area contributed by atoms with Gasteiger partial charge in [0.15, 0.2) is 10.8 Å². The highest BCUT2D eigenvalue weighted by Gasteiger charge is 2.14. The number of nitrogens with one attached hydrogen (secondary N) is 1. The third kappa shape index (κ3) is 1.91. The molecule has 18 heavy (non-hydrogen) atoms. The summed E-state index contributed by atoms with van der Waals surface area (Å²) in [5, 5.41) is 9.60. The van der Waals surface area contributed by atoms with Crippen LogP contribution >= 0.6 is 11.3 Å². The summed E-state index contributed by atoms with van der Waals surface area (Å²) in [4.78, 5) is 9.55. The minimum absolute atomic E-state index is 0.779. The predicted octanol–water partition coefficient (Wildman–Crippen LogP) is 1.48. The van der Waals surface area contributed by atoms with Crippen LogP contribution < -0.4 is 5.32 Å². The van der Waals surface area contributed by atoms with Crippen LogP contribution in [-0.2, 0) is 6.54 Å². The second-order valence-electron chi connectivity index (χ2n) is 3.95. The quantitative estimate of drug-likeness (QED) is 0.707. The number of imidazole rings is 1. The summed E-state index contributed by atoms with van der Waals surface area (Å²) in [5.74, 6) is 0.850. The summed E-state index contributed by atoms with van der Waals surface area (Å²) in [7, 11) is 0. The first-order chi connectivity index (χ1) is 8.90. The maximum atomic E-state index is 4.60. The van der Waals surface area contributed by atoms with Crippen LogP contribution in [0.25, 0.3) is 10.8 Å². The highest BCUT2D eigenvalue weighted by atomic mass is 32.1. The summed E-state index contributed by atoms with van der Waals surface area (Å²) in [6.07, 6.45) is 6.35. The second-order valence-corrected chi connectivity index (χ2v) is 4.83. The Morgan fingerprint density at radius 3 is 3.17 bits per heavy atom. The van der Waals surface area contributed by atoms with Crippen molar-refractivity contribution in [2.45, 2.75) is 19.9 Å². The van der Waals surface area contributed by atoms with Crippen molar-refractivity contribution in [3.8, 4) is 5.82 Å². The van der Waals surface area contributed by atoms with Gasteiger partial charge in [0.25, 0.3) is 0 Å². The van der Waals surface area contributed by atoms with Gasteiger partial charge in [-0.3, -0.25) is 4.40 Å². The van der Waals surface area contributed by atoms with Crippen molar-refractivity contribution < 1.29 is 0 Å². The second kappa shape index (κ2) is 4.87. The standard InChI is InChI=1S/C11H14N6S/c1-2-3-12-6-9-10(17-8-13-7-14-17)15-11-16(9)4-5-18-11/h4-5,7-8,12H,2-3,6H2,1H3. The monoisotopic (exact) mass is 262 g/mol. The van der Waals surface area contributed by atoms with Crippen molar-refractivity contribution in [3.63, 3.8) is 0 Å². The van der Waals surface area contributed by atoms with Crippen molar-refractivity contribution in [2.75, 3.05) is 6.54 Å². The highest BCUT2D eigenvalue weighted by Crippen LogP contribution is 2.19. The summed E-state index contributed by atoms with van der Waals surface area (Å²) < 4.78 is 3.81. The van der Waals surface area contributed by atoms with Crippen LogP contribution in [0.15, 0.2) is 24.2 Å². The lowest BCUT2D eigenvalue weighted by molar-refractivity contribution is 0.655. The van der Waals surface area contributed by atoms with Gasteiger partial charge >= 0.3 is 0 Å². The van der Waals surface area contributed by atoms with Crippen LogP contribution in [0.5, 0.6) is 0 Å². The van der Waals surface area contributed by atoms with Crippen molar-refractivity contribution in [3.05, 3.63) is 29.9 Å². The molecular formula is C11H14N6S. The van der Waals surface area contributed by atoms with Crippen LogP contribution in [-0.4, -0.2) is 30.7 Å². The van der Waals surface area contributed by atoms with Crippen LogP contribution in [0.3, 0.4) is 0 Å². The molecule has 0 amide bonds. The van der Waals surface area contributed by atoms with Crippen LogP contribution in [0.4, 0.5) is 0 Å². The zero-order chi connectivity index (χ0) is 12.4. The molecule has 3 heterocycles. The first-order valence-electron chi connectivity index (χ1n) is 5.90. The molecule has 3 rings (SSSR count). The Labute approximate surface area is 108 Å². The first-order valence-corrected chi connectivity index (χ1v) is 6.78. The van der Waals surface area contributed by atoms with E-state index < -0.39 is 0 Å². The Balaban J connectivity index is 2.01. The molecule has 0 aliphatic rings. The number of hydrogen-bond donors (Lipinski definition) is 1. The molecule has 0 aliphatic carbocycles. The van der Waals surface area contributed by atoms with Gasteiger partial charge in [0, 0.05) is 18.1 Å². The van der Waals surface area contributed by atoms with E-state index in [1.165, 1.54) is 6.33 Å². The van der Waals surface area contributed by atoms with Gasteiger partial charge in [-0.25, -0.2) is 9.67 Å². The molecular weight excluding hydrogens is 248 g/mol.